The van der Waals surface area contributed by atoms with Gasteiger partial charge in [0.15, 0.2) is 0 Å². The van der Waals surface area contributed by atoms with Crippen LogP contribution in [-0.2, 0) is 11.3 Å². The van der Waals surface area contributed by atoms with E-state index < -0.39 is 0 Å². The molecule has 114 valence electrons. The summed E-state index contributed by atoms with van der Waals surface area (Å²) in [6.07, 6.45) is 3.04. The van der Waals surface area contributed by atoms with Gasteiger partial charge in [-0.25, -0.2) is 9.37 Å². The van der Waals surface area contributed by atoms with Crippen LogP contribution >= 0.6 is 11.6 Å². The molecule has 0 bridgehead atoms. The Morgan fingerprint density at radius 1 is 1.27 bits per heavy atom. The topological polar surface area (TPSA) is 49.3 Å². The number of aromatic nitrogens is 2. The fraction of sp³-hybridized carbons (Fsp3) is 0.267. The van der Waals surface area contributed by atoms with Crippen LogP contribution in [0.25, 0.3) is 0 Å². The number of piperazine rings is 1. The van der Waals surface area contributed by atoms with E-state index in [0.29, 0.717) is 30.6 Å². The van der Waals surface area contributed by atoms with Crippen LogP contribution in [0.1, 0.15) is 5.56 Å². The van der Waals surface area contributed by atoms with Crippen molar-refractivity contribution in [2.45, 2.75) is 6.54 Å². The van der Waals surface area contributed by atoms with E-state index in [9.17, 15) is 9.18 Å². The summed E-state index contributed by atoms with van der Waals surface area (Å²) in [5.74, 6) is 0.265. The molecule has 2 aromatic rings. The molecule has 0 radical (unpaired) electrons. The SMILES string of the molecule is O=C1CN(c2cncc(Cl)n2)CCN1Cc1cccc(F)c1. The second-order valence-electron chi connectivity index (χ2n) is 5.07. The molecule has 1 aliphatic heterocycles. The monoisotopic (exact) mass is 320 g/mol. The number of hydrogen-bond acceptors (Lipinski definition) is 4. The molecule has 22 heavy (non-hydrogen) atoms. The first-order chi connectivity index (χ1) is 10.6. The van der Waals surface area contributed by atoms with Gasteiger partial charge in [0.05, 0.1) is 18.9 Å². The van der Waals surface area contributed by atoms with Crippen molar-refractivity contribution in [3.8, 4) is 0 Å². The highest BCUT2D eigenvalue weighted by Crippen LogP contribution is 2.17. The predicted molar refractivity (Wildman–Crippen MR) is 81.1 cm³/mol. The summed E-state index contributed by atoms with van der Waals surface area (Å²) in [6, 6.07) is 6.29. The second kappa shape index (κ2) is 6.27. The summed E-state index contributed by atoms with van der Waals surface area (Å²) in [4.78, 5) is 23.9. The summed E-state index contributed by atoms with van der Waals surface area (Å²) in [5, 5.41) is 0.298. The highest BCUT2D eigenvalue weighted by Gasteiger charge is 2.25. The molecular formula is C15H14ClFN4O. The van der Waals surface area contributed by atoms with E-state index in [4.69, 9.17) is 11.6 Å². The molecule has 1 amide bonds. The number of anilines is 1. The molecule has 0 aliphatic carbocycles. The summed E-state index contributed by atoms with van der Waals surface area (Å²) < 4.78 is 13.2. The van der Waals surface area contributed by atoms with Gasteiger partial charge in [-0.15, -0.1) is 0 Å². The van der Waals surface area contributed by atoms with Crippen LogP contribution in [0.5, 0.6) is 0 Å². The zero-order valence-corrected chi connectivity index (χ0v) is 12.5. The number of benzene rings is 1. The summed E-state index contributed by atoms with van der Waals surface area (Å²) in [6.45, 7) is 1.80. The van der Waals surface area contributed by atoms with Crippen molar-refractivity contribution in [1.82, 2.24) is 14.9 Å². The lowest BCUT2D eigenvalue weighted by molar-refractivity contribution is -0.131. The van der Waals surface area contributed by atoms with Crippen molar-refractivity contribution in [2.75, 3.05) is 24.5 Å². The molecule has 7 heteroatoms. The van der Waals surface area contributed by atoms with E-state index in [1.165, 1.54) is 18.3 Å². The van der Waals surface area contributed by atoms with Gasteiger partial charge in [0.2, 0.25) is 5.91 Å². The van der Waals surface area contributed by atoms with Crippen LogP contribution in [0.4, 0.5) is 10.2 Å². The molecule has 0 spiro atoms. The smallest absolute Gasteiger partial charge is 0.242 e. The Morgan fingerprint density at radius 2 is 2.14 bits per heavy atom. The maximum Gasteiger partial charge on any atom is 0.242 e. The minimum absolute atomic E-state index is 0.0303. The Morgan fingerprint density at radius 3 is 2.86 bits per heavy atom. The molecule has 0 saturated carbocycles. The fourth-order valence-electron chi connectivity index (χ4n) is 2.41. The molecule has 1 aromatic heterocycles. The Hall–Kier alpha value is -2.21. The lowest BCUT2D eigenvalue weighted by Crippen LogP contribution is -2.50. The third-order valence-corrected chi connectivity index (χ3v) is 3.68. The quantitative estimate of drug-likeness (QED) is 0.869. The van der Waals surface area contributed by atoms with Crippen LogP contribution in [0, 0.1) is 5.82 Å². The van der Waals surface area contributed by atoms with Crippen LogP contribution < -0.4 is 4.90 Å². The lowest BCUT2D eigenvalue weighted by atomic mass is 10.2. The predicted octanol–water partition coefficient (Wildman–Crippen LogP) is 2.12. The zero-order valence-electron chi connectivity index (χ0n) is 11.7. The molecule has 0 N–H and O–H groups in total. The minimum atomic E-state index is -0.294. The summed E-state index contributed by atoms with van der Waals surface area (Å²) in [7, 11) is 0. The summed E-state index contributed by atoms with van der Waals surface area (Å²) >= 11 is 5.82. The zero-order chi connectivity index (χ0) is 15.5. The molecule has 0 unspecified atom stereocenters. The Kier molecular flexibility index (Phi) is 4.20. The third kappa shape index (κ3) is 3.33. The van der Waals surface area contributed by atoms with E-state index in [2.05, 4.69) is 9.97 Å². The Balaban J connectivity index is 1.66. The van der Waals surface area contributed by atoms with Crippen LogP contribution in [-0.4, -0.2) is 40.4 Å². The molecule has 3 rings (SSSR count). The minimum Gasteiger partial charge on any atom is -0.344 e. The van der Waals surface area contributed by atoms with E-state index in [1.54, 1.807) is 17.2 Å². The van der Waals surface area contributed by atoms with Crippen LogP contribution in [0.3, 0.4) is 0 Å². The number of amides is 1. The van der Waals surface area contributed by atoms with Gasteiger partial charge in [0.25, 0.3) is 0 Å². The van der Waals surface area contributed by atoms with E-state index >= 15 is 0 Å². The summed E-state index contributed by atoms with van der Waals surface area (Å²) in [5.41, 5.74) is 0.782. The maximum absolute atomic E-state index is 13.2. The Labute approximate surface area is 132 Å². The standard InChI is InChI=1S/C15H14ClFN4O/c16-13-7-18-8-14(19-13)20-4-5-21(15(22)10-20)9-11-2-1-3-12(17)6-11/h1-3,6-8H,4-5,9-10H2. The van der Waals surface area contributed by atoms with Gasteiger partial charge in [0.1, 0.15) is 16.8 Å². The Bertz CT molecular complexity index is 697. The van der Waals surface area contributed by atoms with Crippen molar-refractivity contribution in [3.63, 3.8) is 0 Å². The fourth-order valence-corrected chi connectivity index (χ4v) is 2.55. The van der Waals surface area contributed by atoms with Gasteiger partial charge < -0.3 is 9.80 Å². The van der Waals surface area contributed by atoms with Crippen LogP contribution in [0.15, 0.2) is 36.7 Å². The van der Waals surface area contributed by atoms with E-state index in [0.717, 1.165) is 5.56 Å². The molecule has 1 aromatic carbocycles. The average Bonchev–Trinajstić information content (AvgIpc) is 2.49. The van der Waals surface area contributed by atoms with Crippen LogP contribution in [0.2, 0.25) is 5.15 Å². The van der Waals surface area contributed by atoms with Gasteiger partial charge >= 0.3 is 0 Å². The van der Waals surface area contributed by atoms with Gasteiger partial charge in [-0.05, 0) is 17.7 Å². The number of carbonyl (C=O) groups is 1. The molecular weight excluding hydrogens is 307 g/mol. The van der Waals surface area contributed by atoms with Gasteiger partial charge in [0, 0.05) is 19.6 Å². The number of hydrogen-bond donors (Lipinski definition) is 0. The van der Waals surface area contributed by atoms with Crippen molar-refractivity contribution in [1.29, 1.82) is 0 Å². The maximum atomic E-state index is 13.2. The molecule has 2 heterocycles. The largest absolute Gasteiger partial charge is 0.344 e. The molecule has 0 atom stereocenters. The molecule has 1 fully saturated rings. The third-order valence-electron chi connectivity index (χ3n) is 3.50. The van der Waals surface area contributed by atoms with Gasteiger partial charge in [-0.2, -0.15) is 0 Å². The highest BCUT2D eigenvalue weighted by atomic mass is 35.5. The first kappa shape index (κ1) is 14.7. The van der Waals surface area contributed by atoms with Gasteiger partial charge in [-0.3, -0.25) is 9.78 Å². The van der Waals surface area contributed by atoms with Gasteiger partial charge in [-0.1, -0.05) is 23.7 Å². The molecule has 1 saturated heterocycles. The first-order valence-electron chi connectivity index (χ1n) is 6.86. The van der Waals surface area contributed by atoms with E-state index in [1.807, 2.05) is 11.0 Å². The number of carbonyl (C=O) groups excluding carboxylic acids is 1. The number of nitrogens with zero attached hydrogens (tertiary/aromatic N) is 4. The molecule has 1 aliphatic rings. The van der Waals surface area contributed by atoms with Crippen molar-refractivity contribution < 1.29 is 9.18 Å². The van der Waals surface area contributed by atoms with Crippen molar-refractivity contribution in [2.24, 2.45) is 0 Å². The normalized spacial score (nSPS) is 15.3. The number of rotatable bonds is 3. The highest BCUT2D eigenvalue weighted by molar-refractivity contribution is 6.29. The van der Waals surface area contributed by atoms with E-state index in [-0.39, 0.29) is 18.3 Å². The first-order valence-corrected chi connectivity index (χ1v) is 7.24. The van der Waals surface area contributed by atoms with Crippen molar-refractivity contribution >= 4 is 23.3 Å². The average molecular weight is 321 g/mol. The molecule has 5 nitrogen and oxygen atoms in total. The second-order valence-corrected chi connectivity index (χ2v) is 5.45. The van der Waals surface area contributed by atoms with Crippen molar-refractivity contribution in [3.05, 3.63) is 53.2 Å². The lowest BCUT2D eigenvalue weighted by Gasteiger charge is -2.34. The number of halogens is 2.